The molecule has 2 rings (SSSR count). The number of ether oxygens (including phenoxy) is 1. The van der Waals surface area contributed by atoms with E-state index >= 15 is 0 Å². The lowest BCUT2D eigenvalue weighted by atomic mass is 10.2. The molecule has 17 heavy (non-hydrogen) atoms. The number of aliphatic hydroxyl groups excluding tert-OH is 1. The fraction of sp³-hybridized carbons (Fsp3) is 0.364. The predicted octanol–water partition coefficient (Wildman–Crippen LogP) is 0.631. The molecule has 1 saturated heterocycles. The molecule has 0 spiro atoms. The number of carbonyl (C=O) groups is 1. The van der Waals surface area contributed by atoms with Gasteiger partial charge in [-0.1, -0.05) is 30.3 Å². The van der Waals surface area contributed by atoms with Crippen LogP contribution in [0.5, 0.6) is 0 Å². The van der Waals surface area contributed by atoms with Crippen molar-refractivity contribution in [1.29, 1.82) is 0 Å². The Labute approximate surface area is 98.5 Å². The Morgan fingerprint density at radius 3 is 2.59 bits per heavy atom. The molecule has 0 aromatic heterocycles. The maximum absolute atomic E-state index is 12.0. The van der Waals surface area contributed by atoms with E-state index in [4.69, 9.17) is 0 Å². The molecule has 6 heteroatoms. The van der Waals surface area contributed by atoms with Crippen LogP contribution < -0.4 is 4.89 Å². The van der Waals surface area contributed by atoms with Crippen molar-refractivity contribution in [2.45, 2.75) is 17.9 Å². The minimum Gasteiger partial charge on any atom is -0.797 e. The number of carbonyl (C=O) groups excluding carboxylic acids is 1. The van der Waals surface area contributed by atoms with E-state index in [0.29, 0.717) is 5.56 Å². The first-order valence-electron chi connectivity index (χ1n) is 5.21. The third-order valence-corrected chi connectivity index (χ3v) is 5.12. The largest absolute Gasteiger partial charge is 0.797 e. The molecule has 3 unspecified atom stereocenters. The summed E-state index contributed by atoms with van der Waals surface area (Å²) in [6.07, 6.45) is -0.176. The summed E-state index contributed by atoms with van der Waals surface area (Å²) in [5.41, 5.74) is -0.615. The van der Waals surface area contributed by atoms with Gasteiger partial charge in [0.2, 0.25) is 0 Å². The average Bonchev–Trinajstić information content (AvgIpc) is 2.77. The van der Waals surface area contributed by atoms with Crippen molar-refractivity contribution in [3.63, 3.8) is 0 Å². The van der Waals surface area contributed by atoms with E-state index < -0.39 is 24.8 Å². The van der Waals surface area contributed by atoms with E-state index in [1.54, 1.807) is 18.2 Å². The summed E-state index contributed by atoms with van der Waals surface area (Å²) in [5, 5.41) is 9.85. The number of hydrogen-bond acceptors (Lipinski definition) is 5. The van der Waals surface area contributed by atoms with Gasteiger partial charge in [0.15, 0.2) is 0 Å². The van der Waals surface area contributed by atoms with Crippen LogP contribution in [0.2, 0.25) is 0 Å². The Hall–Kier alpha value is -1.16. The van der Waals surface area contributed by atoms with E-state index in [1.165, 1.54) is 12.1 Å². The quantitative estimate of drug-likeness (QED) is 0.632. The monoisotopic (exact) mass is 255 g/mol. The zero-order valence-corrected chi connectivity index (χ0v) is 9.88. The van der Waals surface area contributed by atoms with E-state index in [2.05, 4.69) is 4.74 Å². The van der Waals surface area contributed by atoms with E-state index in [-0.39, 0.29) is 13.0 Å². The van der Waals surface area contributed by atoms with Crippen LogP contribution in [0, 0.1) is 0 Å². The number of benzene rings is 1. The van der Waals surface area contributed by atoms with Crippen molar-refractivity contribution in [2.24, 2.45) is 0 Å². The Balaban J connectivity index is 2.21. The Bertz CT molecular complexity index is 458. The molecule has 0 aliphatic carbocycles. The molecule has 0 bridgehead atoms. The second kappa shape index (κ2) is 4.61. The van der Waals surface area contributed by atoms with Crippen molar-refractivity contribution in [3.05, 3.63) is 35.9 Å². The molecule has 1 fully saturated rings. The van der Waals surface area contributed by atoms with Crippen LogP contribution in [0.4, 0.5) is 0 Å². The van der Waals surface area contributed by atoms with Crippen LogP contribution in [0.15, 0.2) is 30.3 Å². The first-order valence-corrected chi connectivity index (χ1v) is 6.97. The Morgan fingerprint density at radius 1 is 1.41 bits per heavy atom. The molecule has 1 aromatic rings. The molecule has 0 saturated carbocycles. The number of hydrogen-bond donors (Lipinski definition) is 1. The van der Waals surface area contributed by atoms with Gasteiger partial charge < -0.3 is 19.3 Å². The molecule has 5 nitrogen and oxygen atoms in total. The first kappa shape index (κ1) is 12.3. The van der Waals surface area contributed by atoms with Gasteiger partial charge in [-0.25, -0.2) is 0 Å². The molecule has 0 amide bonds. The molecule has 1 aliphatic rings. The van der Waals surface area contributed by atoms with Gasteiger partial charge in [0.1, 0.15) is 12.5 Å². The zero-order valence-electron chi connectivity index (χ0n) is 8.98. The van der Waals surface area contributed by atoms with Crippen molar-refractivity contribution in [1.82, 2.24) is 0 Å². The van der Waals surface area contributed by atoms with Crippen molar-refractivity contribution >= 4 is 13.3 Å². The van der Waals surface area contributed by atoms with Crippen LogP contribution in [-0.2, 0) is 14.1 Å². The van der Waals surface area contributed by atoms with Gasteiger partial charge in [0.05, 0.1) is 13.8 Å². The summed E-state index contributed by atoms with van der Waals surface area (Å²) in [6.45, 7) is -0.163. The fourth-order valence-electron chi connectivity index (χ4n) is 1.76. The lowest BCUT2D eigenvalue weighted by Gasteiger charge is -2.32. The molecule has 1 aliphatic heterocycles. The van der Waals surface area contributed by atoms with Gasteiger partial charge in [-0.05, 0) is 5.56 Å². The van der Waals surface area contributed by atoms with Crippen molar-refractivity contribution in [2.75, 3.05) is 6.61 Å². The summed E-state index contributed by atoms with van der Waals surface area (Å²) in [5.74, 6) is -2.12. The van der Waals surface area contributed by atoms with Crippen LogP contribution in [0.3, 0.4) is 0 Å². The summed E-state index contributed by atoms with van der Waals surface area (Å²) in [6, 6.07) is 8.09. The Morgan fingerprint density at radius 2 is 2.06 bits per heavy atom. The topological polar surface area (TPSA) is 86.7 Å². The number of aliphatic hydroxyl groups is 1. The second-order valence-corrected chi connectivity index (χ2v) is 6.48. The van der Waals surface area contributed by atoms with E-state index in [9.17, 15) is 19.4 Å². The highest BCUT2D eigenvalue weighted by Crippen LogP contribution is 2.56. The summed E-state index contributed by atoms with van der Waals surface area (Å²) < 4.78 is 16.6. The van der Waals surface area contributed by atoms with Gasteiger partial charge in [0.25, 0.3) is 0 Å². The molecule has 1 aromatic carbocycles. The fourth-order valence-corrected chi connectivity index (χ4v) is 3.44. The van der Waals surface area contributed by atoms with Crippen LogP contribution in [0.25, 0.3) is 0 Å². The highest BCUT2D eigenvalue weighted by molar-refractivity contribution is 7.57. The molecule has 0 radical (unpaired) electrons. The van der Waals surface area contributed by atoms with Gasteiger partial charge in [-0.15, -0.1) is 0 Å². The maximum Gasteiger partial charge on any atom is 0.306 e. The smallest absolute Gasteiger partial charge is 0.306 e. The van der Waals surface area contributed by atoms with E-state index in [0.717, 1.165) is 0 Å². The van der Waals surface area contributed by atoms with Crippen LogP contribution >= 0.6 is 7.37 Å². The number of rotatable bonds is 3. The highest BCUT2D eigenvalue weighted by atomic mass is 31.2. The number of esters is 1. The third-order valence-electron chi connectivity index (χ3n) is 2.79. The first-order chi connectivity index (χ1) is 8.01. The molecule has 3 atom stereocenters. The van der Waals surface area contributed by atoms with Crippen LogP contribution in [-0.4, -0.2) is 23.3 Å². The summed E-state index contributed by atoms with van der Waals surface area (Å²) in [4.78, 5) is 22.9. The molecular weight excluding hydrogens is 243 g/mol. The third kappa shape index (κ3) is 2.41. The van der Waals surface area contributed by atoms with Gasteiger partial charge >= 0.3 is 5.97 Å². The number of cyclic esters (lactones) is 1. The SMILES string of the molecule is O=C1CC(P(=O)([O-])C(O)c2ccccc2)CO1. The van der Waals surface area contributed by atoms with Crippen LogP contribution in [0.1, 0.15) is 17.8 Å². The molecular formula is C11H12O5P-. The van der Waals surface area contributed by atoms with Crippen molar-refractivity contribution < 1.29 is 24.1 Å². The van der Waals surface area contributed by atoms with Crippen molar-refractivity contribution in [3.8, 4) is 0 Å². The minimum atomic E-state index is -4.13. The predicted molar refractivity (Wildman–Crippen MR) is 58.4 cm³/mol. The standard InChI is InChI=1S/C11H13O5P/c12-10-6-9(7-16-10)17(14,15)11(13)8-4-2-1-3-5-8/h1-5,9,11,13H,6-7H2,(H,14,15)/p-1. The van der Waals surface area contributed by atoms with E-state index in [1.807, 2.05) is 0 Å². The Kier molecular flexibility index (Phi) is 3.33. The molecule has 1 heterocycles. The summed E-state index contributed by atoms with van der Waals surface area (Å²) in [7, 11) is -4.13. The average molecular weight is 255 g/mol. The van der Waals surface area contributed by atoms with Gasteiger partial charge in [-0.3, -0.25) is 4.79 Å². The molecule has 1 N–H and O–H groups in total. The summed E-state index contributed by atoms with van der Waals surface area (Å²) >= 11 is 0. The van der Waals surface area contributed by atoms with Gasteiger partial charge in [-0.2, -0.15) is 0 Å². The lowest BCUT2D eigenvalue weighted by Crippen LogP contribution is -2.22. The highest BCUT2D eigenvalue weighted by Gasteiger charge is 2.37. The zero-order chi connectivity index (χ0) is 12.5. The second-order valence-electron chi connectivity index (χ2n) is 3.97. The maximum atomic E-state index is 12.0. The minimum absolute atomic E-state index is 0.163. The van der Waals surface area contributed by atoms with Gasteiger partial charge in [0, 0.05) is 5.66 Å². The normalized spacial score (nSPS) is 25.1. The molecule has 92 valence electrons. The lowest BCUT2D eigenvalue weighted by molar-refractivity contribution is -0.186.